The molecule has 0 aromatic carbocycles. The number of allylic oxidation sites excluding steroid dienone is 2. The van der Waals surface area contributed by atoms with Crippen LogP contribution < -0.4 is 5.32 Å². The lowest BCUT2D eigenvalue weighted by molar-refractivity contribution is -0.236. The summed E-state index contributed by atoms with van der Waals surface area (Å²) in [5.74, 6) is -0.272. The van der Waals surface area contributed by atoms with Crippen molar-refractivity contribution in [3.63, 3.8) is 0 Å². The first-order valence-corrected chi connectivity index (χ1v) is 12.3. The van der Waals surface area contributed by atoms with E-state index in [0.29, 0.717) is 6.42 Å². The number of carbonyl (C=O) groups excluding carboxylic acids is 1. The largest absolute Gasteiger partial charge is 0.394 e. The number of unbranched alkanes of at least 4 members (excludes halogenated alkanes) is 11. The van der Waals surface area contributed by atoms with Crippen LogP contribution in [0.3, 0.4) is 0 Å². The van der Waals surface area contributed by atoms with Gasteiger partial charge in [0.1, 0.15) is 24.4 Å². The molecule has 1 aliphatic rings. The molecule has 7 heteroatoms. The quantitative estimate of drug-likeness (QED) is 0.174. The van der Waals surface area contributed by atoms with Crippen LogP contribution >= 0.6 is 0 Å². The Balaban J connectivity index is 1.98. The topological polar surface area (TPSA) is 119 Å². The van der Waals surface area contributed by atoms with E-state index in [1.807, 2.05) is 0 Å². The van der Waals surface area contributed by atoms with E-state index < -0.39 is 37.3 Å². The molecular formula is C24H45NO6. The Morgan fingerprint density at radius 2 is 1.35 bits per heavy atom. The summed E-state index contributed by atoms with van der Waals surface area (Å²) in [5.41, 5.74) is 0. The lowest BCUT2D eigenvalue weighted by Crippen LogP contribution is -2.63. The minimum Gasteiger partial charge on any atom is -0.394 e. The second-order valence-corrected chi connectivity index (χ2v) is 8.65. The molecule has 1 heterocycles. The Bertz CT molecular complexity index is 485. The maximum absolute atomic E-state index is 12.1. The van der Waals surface area contributed by atoms with Gasteiger partial charge in [0.25, 0.3) is 0 Å². The van der Waals surface area contributed by atoms with Crippen LogP contribution in [-0.4, -0.2) is 63.6 Å². The summed E-state index contributed by atoms with van der Waals surface area (Å²) in [6.45, 7) is 1.73. The van der Waals surface area contributed by atoms with Gasteiger partial charge in [-0.1, -0.05) is 70.4 Å². The molecule has 7 nitrogen and oxygen atoms in total. The normalized spacial score (nSPS) is 26.4. The first kappa shape index (κ1) is 28.0. The zero-order valence-corrected chi connectivity index (χ0v) is 19.3. The minimum absolute atomic E-state index is 0.272. The molecule has 5 atom stereocenters. The predicted octanol–water partition coefficient (Wildman–Crippen LogP) is 2.94. The monoisotopic (exact) mass is 443 g/mol. The van der Waals surface area contributed by atoms with Crippen LogP contribution in [0.1, 0.15) is 96.8 Å². The summed E-state index contributed by atoms with van der Waals surface area (Å²) in [7, 11) is 0. The lowest BCUT2D eigenvalue weighted by atomic mass is 9.98. The number of aliphatic hydroxyl groups is 4. The molecule has 1 saturated heterocycles. The highest BCUT2D eigenvalue weighted by atomic mass is 16.6. The third-order valence-electron chi connectivity index (χ3n) is 5.86. The number of carbonyl (C=O) groups is 1. The van der Waals surface area contributed by atoms with Crippen LogP contribution in [0.2, 0.25) is 0 Å². The van der Waals surface area contributed by atoms with Crippen molar-refractivity contribution in [3.8, 4) is 0 Å². The number of ether oxygens (including phenoxy) is 1. The van der Waals surface area contributed by atoms with E-state index in [1.54, 1.807) is 0 Å². The second-order valence-electron chi connectivity index (χ2n) is 8.65. The van der Waals surface area contributed by atoms with Gasteiger partial charge in [0.2, 0.25) is 5.91 Å². The number of nitrogens with one attached hydrogen (secondary N) is 1. The van der Waals surface area contributed by atoms with Gasteiger partial charge in [0.15, 0.2) is 6.23 Å². The van der Waals surface area contributed by atoms with E-state index in [1.165, 1.54) is 64.2 Å². The van der Waals surface area contributed by atoms with Gasteiger partial charge in [-0.05, 0) is 32.1 Å². The van der Waals surface area contributed by atoms with Gasteiger partial charge in [-0.3, -0.25) is 4.79 Å². The van der Waals surface area contributed by atoms with Crippen molar-refractivity contribution in [2.45, 2.75) is 127 Å². The Morgan fingerprint density at radius 3 is 1.94 bits per heavy atom. The van der Waals surface area contributed by atoms with Gasteiger partial charge in [0.05, 0.1) is 6.61 Å². The first-order valence-electron chi connectivity index (χ1n) is 12.3. The van der Waals surface area contributed by atoms with Crippen LogP contribution in [-0.2, 0) is 9.53 Å². The average Bonchev–Trinajstić information content (AvgIpc) is 2.76. The Morgan fingerprint density at radius 1 is 0.806 bits per heavy atom. The van der Waals surface area contributed by atoms with Gasteiger partial charge in [-0.25, -0.2) is 0 Å². The SMILES string of the molecule is CCCCCC/C=C\CCCCCCCCCC(=O)N[C@@H]1OC(CO)[C@@H](O)[C@H](O)C1O. The number of aliphatic hydroxyl groups excluding tert-OH is 4. The van der Waals surface area contributed by atoms with Crippen LogP contribution in [0.25, 0.3) is 0 Å². The molecule has 0 saturated carbocycles. The van der Waals surface area contributed by atoms with Crippen LogP contribution in [0.15, 0.2) is 12.2 Å². The molecule has 1 fully saturated rings. The average molecular weight is 444 g/mol. The third kappa shape index (κ3) is 12.0. The van der Waals surface area contributed by atoms with Crippen LogP contribution in [0.4, 0.5) is 0 Å². The molecule has 0 aliphatic carbocycles. The molecule has 2 unspecified atom stereocenters. The summed E-state index contributed by atoms with van der Waals surface area (Å²) in [6, 6.07) is 0. The van der Waals surface area contributed by atoms with E-state index in [-0.39, 0.29) is 5.91 Å². The van der Waals surface area contributed by atoms with Crippen molar-refractivity contribution < 1.29 is 30.0 Å². The standard InChI is InChI=1S/C24H45NO6/c1-2-3-4-5-6-7-8-9-10-11-12-13-14-15-16-17-20(27)25-24-23(30)22(29)21(28)19(18-26)31-24/h7-8,19,21-24,26,28-30H,2-6,9-18H2,1H3,(H,25,27)/b8-7-/t19?,21-,22+,23?,24-/m1/s1. The second kappa shape index (κ2) is 17.6. The Hall–Kier alpha value is -0.990. The molecule has 1 amide bonds. The van der Waals surface area contributed by atoms with Crippen molar-refractivity contribution >= 4 is 5.91 Å². The molecule has 0 aromatic heterocycles. The van der Waals surface area contributed by atoms with Crippen molar-refractivity contribution in [2.24, 2.45) is 0 Å². The van der Waals surface area contributed by atoms with Gasteiger partial charge in [0, 0.05) is 6.42 Å². The number of amides is 1. The fourth-order valence-electron chi connectivity index (χ4n) is 3.81. The van der Waals surface area contributed by atoms with E-state index >= 15 is 0 Å². The molecule has 0 radical (unpaired) electrons. The van der Waals surface area contributed by atoms with E-state index in [4.69, 9.17) is 4.74 Å². The van der Waals surface area contributed by atoms with Crippen molar-refractivity contribution in [3.05, 3.63) is 12.2 Å². The zero-order valence-electron chi connectivity index (χ0n) is 19.3. The van der Waals surface area contributed by atoms with Gasteiger partial charge < -0.3 is 30.5 Å². The first-order chi connectivity index (χ1) is 15.0. The van der Waals surface area contributed by atoms with Crippen molar-refractivity contribution in [2.75, 3.05) is 6.61 Å². The summed E-state index contributed by atoms with van der Waals surface area (Å²) in [5, 5.41) is 41.2. The number of rotatable bonds is 17. The number of hydrogen-bond acceptors (Lipinski definition) is 6. The lowest BCUT2D eigenvalue weighted by Gasteiger charge is -2.40. The van der Waals surface area contributed by atoms with Crippen LogP contribution in [0, 0.1) is 0 Å². The molecule has 1 rings (SSSR count). The molecule has 5 N–H and O–H groups in total. The Kier molecular flexibility index (Phi) is 15.9. The highest BCUT2D eigenvalue weighted by Crippen LogP contribution is 2.20. The maximum Gasteiger partial charge on any atom is 0.222 e. The summed E-state index contributed by atoms with van der Waals surface area (Å²) >= 11 is 0. The van der Waals surface area contributed by atoms with Gasteiger partial charge in [-0.15, -0.1) is 0 Å². The highest BCUT2D eigenvalue weighted by Gasteiger charge is 2.43. The molecule has 0 spiro atoms. The molecule has 31 heavy (non-hydrogen) atoms. The van der Waals surface area contributed by atoms with Crippen LogP contribution in [0.5, 0.6) is 0 Å². The van der Waals surface area contributed by atoms with E-state index in [2.05, 4.69) is 24.4 Å². The molecular weight excluding hydrogens is 398 g/mol. The summed E-state index contributed by atoms with van der Waals surface area (Å²) < 4.78 is 5.28. The van der Waals surface area contributed by atoms with Crippen molar-refractivity contribution in [1.82, 2.24) is 5.32 Å². The smallest absolute Gasteiger partial charge is 0.222 e. The number of hydrogen-bond donors (Lipinski definition) is 5. The summed E-state index contributed by atoms with van der Waals surface area (Å²) in [4.78, 5) is 12.1. The van der Waals surface area contributed by atoms with Gasteiger partial charge in [-0.2, -0.15) is 0 Å². The van der Waals surface area contributed by atoms with Crippen molar-refractivity contribution in [1.29, 1.82) is 0 Å². The fraction of sp³-hybridized carbons (Fsp3) is 0.875. The minimum atomic E-state index is -1.47. The van der Waals surface area contributed by atoms with E-state index in [0.717, 1.165) is 19.3 Å². The predicted molar refractivity (Wildman–Crippen MR) is 121 cm³/mol. The third-order valence-corrected chi connectivity index (χ3v) is 5.86. The summed E-state index contributed by atoms with van der Waals surface area (Å²) in [6.07, 6.45) is 13.9. The molecule has 182 valence electrons. The fourth-order valence-corrected chi connectivity index (χ4v) is 3.81. The highest BCUT2D eigenvalue weighted by molar-refractivity contribution is 5.76. The van der Waals surface area contributed by atoms with E-state index in [9.17, 15) is 25.2 Å². The zero-order chi connectivity index (χ0) is 22.9. The maximum atomic E-state index is 12.1. The Labute approximate surface area is 187 Å². The molecule has 1 aliphatic heterocycles. The van der Waals surface area contributed by atoms with Gasteiger partial charge >= 0.3 is 0 Å². The molecule has 0 bridgehead atoms. The molecule has 0 aromatic rings.